The minimum atomic E-state index is -0.196. The average Bonchev–Trinajstić information content (AvgIpc) is 3.23. The second-order valence-electron chi connectivity index (χ2n) is 6.18. The fraction of sp³-hybridized carbons (Fsp3) is 0.182. The van der Waals surface area contributed by atoms with E-state index in [1.54, 1.807) is 12.0 Å². The Morgan fingerprint density at radius 2 is 2.04 bits per heavy atom. The molecule has 2 N–H and O–H groups in total. The molecule has 0 bridgehead atoms. The van der Waals surface area contributed by atoms with E-state index < -0.39 is 0 Å². The van der Waals surface area contributed by atoms with Gasteiger partial charge in [-0.2, -0.15) is 5.10 Å². The van der Waals surface area contributed by atoms with Crippen molar-refractivity contribution in [2.45, 2.75) is 0 Å². The Morgan fingerprint density at radius 3 is 2.79 bits per heavy atom. The van der Waals surface area contributed by atoms with Crippen LogP contribution < -0.4 is 4.74 Å². The maximum absolute atomic E-state index is 13.1. The van der Waals surface area contributed by atoms with Crippen molar-refractivity contribution in [3.63, 3.8) is 0 Å². The zero-order chi connectivity index (χ0) is 19.8. The molecule has 0 saturated carbocycles. The molecule has 0 atom stereocenters. The Hall–Kier alpha value is -3.38. The first-order chi connectivity index (χ1) is 13.7. The maximum Gasteiger partial charge on any atom is 0.258 e. The summed E-state index contributed by atoms with van der Waals surface area (Å²) in [6.45, 7) is 0.509. The minimum absolute atomic E-state index is 0.114. The van der Waals surface area contributed by atoms with Gasteiger partial charge in [0.2, 0.25) is 0 Å². The smallest absolute Gasteiger partial charge is 0.258 e. The lowest BCUT2D eigenvalue weighted by molar-refractivity contribution is 0.0744. The number of aliphatic hydroxyl groups is 1. The molecule has 0 fully saturated rings. The van der Waals surface area contributed by atoms with Crippen molar-refractivity contribution in [3.8, 4) is 17.0 Å². The van der Waals surface area contributed by atoms with Gasteiger partial charge >= 0.3 is 0 Å². The molecule has 1 aromatic heterocycles. The van der Waals surface area contributed by atoms with Crippen LogP contribution in [0.25, 0.3) is 17.3 Å². The first-order valence-corrected chi connectivity index (χ1v) is 9.02. The Bertz CT molecular complexity index is 935. The third-order valence-electron chi connectivity index (χ3n) is 4.32. The molecule has 2 aromatic carbocycles. The van der Waals surface area contributed by atoms with Crippen molar-refractivity contribution in [1.82, 2.24) is 15.1 Å². The van der Waals surface area contributed by atoms with Crippen LogP contribution in [0.4, 0.5) is 0 Å². The number of benzene rings is 2. The Balaban J connectivity index is 1.80. The van der Waals surface area contributed by atoms with Gasteiger partial charge in [-0.05, 0) is 17.7 Å². The summed E-state index contributed by atoms with van der Waals surface area (Å²) in [5.41, 5.74) is 2.94. The Morgan fingerprint density at radius 1 is 1.21 bits per heavy atom. The number of rotatable bonds is 8. The number of aromatic amines is 1. The number of amides is 1. The lowest BCUT2D eigenvalue weighted by atomic mass is 10.1. The van der Waals surface area contributed by atoms with Gasteiger partial charge < -0.3 is 14.7 Å². The second-order valence-corrected chi connectivity index (χ2v) is 6.18. The lowest BCUT2D eigenvalue weighted by Crippen LogP contribution is -2.33. The Labute approximate surface area is 164 Å². The maximum atomic E-state index is 13.1. The predicted octanol–water partition coefficient (Wildman–Crippen LogP) is 3.23. The molecule has 0 radical (unpaired) electrons. The van der Waals surface area contributed by atoms with Crippen molar-refractivity contribution in [1.29, 1.82) is 0 Å². The van der Waals surface area contributed by atoms with E-state index in [9.17, 15) is 9.90 Å². The fourth-order valence-electron chi connectivity index (χ4n) is 2.89. The number of nitrogens with zero attached hydrogens (tertiary/aromatic N) is 2. The number of carbonyl (C=O) groups is 1. The van der Waals surface area contributed by atoms with E-state index in [0.717, 1.165) is 11.1 Å². The van der Waals surface area contributed by atoms with Gasteiger partial charge in [-0.1, -0.05) is 54.6 Å². The molecule has 1 amide bonds. The van der Waals surface area contributed by atoms with Crippen LogP contribution in [0.1, 0.15) is 15.9 Å². The van der Waals surface area contributed by atoms with Crippen LogP contribution in [0, 0.1) is 0 Å². The predicted molar refractivity (Wildman–Crippen MR) is 109 cm³/mol. The van der Waals surface area contributed by atoms with Crippen molar-refractivity contribution in [2.24, 2.45) is 0 Å². The number of carbonyl (C=O) groups excluding carboxylic acids is 1. The molecule has 1 heterocycles. The summed E-state index contributed by atoms with van der Waals surface area (Å²) in [7, 11) is 1.60. The highest BCUT2D eigenvalue weighted by Gasteiger charge is 2.20. The van der Waals surface area contributed by atoms with E-state index in [1.807, 2.05) is 66.7 Å². The number of hydrogen-bond donors (Lipinski definition) is 2. The van der Waals surface area contributed by atoms with E-state index in [4.69, 9.17) is 4.74 Å². The van der Waals surface area contributed by atoms with Crippen LogP contribution in [0.15, 0.2) is 66.9 Å². The second kappa shape index (κ2) is 9.53. The standard InChI is InChI=1S/C22H23N3O3/c1-28-19-11-5-10-18(15-19)21-20(16-23-24-21)22(27)25(13-14-26)12-6-9-17-7-3-2-4-8-17/h2-11,15-16,26H,12-14H2,1H3,(H,23,24). The topological polar surface area (TPSA) is 78.5 Å². The molecule has 0 unspecified atom stereocenters. The van der Waals surface area contributed by atoms with Crippen molar-refractivity contribution >= 4 is 12.0 Å². The van der Waals surface area contributed by atoms with Gasteiger partial charge in [-0.3, -0.25) is 9.89 Å². The molecule has 0 aliphatic heterocycles. The van der Waals surface area contributed by atoms with Gasteiger partial charge in [-0.25, -0.2) is 0 Å². The molecular weight excluding hydrogens is 354 g/mol. The monoisotopic (exact) mass is 377 g/mol. The highest BCUT2D eigenvalue weighted by atomic mass is 16.5. The molecule has 6 heteroatoms. The molecule has 0 aliphatic rings. The van der Waals surface area contributed by atoms with E-state index in [1.165, 1.54) is 6.20 Å². The summed E-state index contributed by atoms with van der Waals surface area (Å²) in [6.07, 6.45) is 5.38. The van der Waals surface area contributed by atoms with Gasteiger partial charge in [0, 0.05) is 18.7 Å². The molecule has 144 valence electrons. The van der Waals surface area contributed by atoms with Crippen molar-refractivity contribution < 1.29 is 14.6 Å². The number of aliphatic hydroxyl groups excluding tert-OH is 1. The van der Waals surface area contributed by atoms with E-state index >= 15 is 0 Å². The average molecular weight is 377 g/mol. The fourth-order valence-corrected chi connectivity index (χ4v) is 2.89. The number of methoxy groups -OCH3 is 1. The number of ether oxygens (including phenoxy) is 1. The van der Waals surface area contributed by atoms with Gasteiger partial charge in [0.1, 0.15) is 5.75 Å². The van der Waals surface area contributed by atoms with Crippen LogP contribution >= 0.6 is 0 Å². The van der Waals surface area contributed by atoms with Gasteiger partial charge in [0.05, 0.1) is 31.2 Å². The van der Waals surface area contributed by atoms with E-state index in [2.05, 4.69) is 10.2 Å². The summed E-state index contributed by atoms with van der Waals surface area (Å²) in [5.74, 6) is 0.502. The molecule has 0 spiro atoms. The molecule has 3 aromatic rings. The van der Waals surface area contributed by atoms with E-state index in [-0.39, 0.29) is 19.1 Å². The van der Waals surface area contributed by atoms with Gasteiger partial charge in [0.25, 0.3) is 5.91 Å². The number of H-pyrrole nitrogens is 1. The Kier molecular flexibility index (Phi) is 6.59. The molecule has 0 saturated heterocycles. The van der Waals surface area contributed by atoms with Gasteiger partial charge in [0.15, 0.2) is 0 Å². The van der Waals surface area contributed by atoms with Crippen LogP contribution in [0.3, 0.4) is 0 Å². The number of aromatic nitrogens is 2. The molecule has 28 heavy (non-hydrogen) atoms. The molecule has 6 nitrogen and oxygen atoms in total. The normalized spacial score (nSPS) is 10.9. The minimum Gasteiger partial charge on any atom is -0.497 e. The summed E-state index contributed by atoms with van der Waals surface area (Å²) < 4.78 is 5.26. The summed E-state index contributed by atoms with van der Waals surface area (Å²) in [5, 5.41) is 16.3. The zero-order valence-electron chi connectivity index (χ0n) is 15.7. The highest BCUT2D eigenvalue weighted by molar-refractivity contribution is 6.00. The van der Waals surface area contributed by atoms with Crippen LogP contribution in [-0.4, -0.2) is 52.9 Å². The van der Waals surface area contributed by atoms with Crippen molar-refractivity contribution in [2.75, 3.05) is 26.8 Å². The van der Waals surface area contributed by atoms with Crippen LogP contribution in [0.2, 0.25) is 0 Å². The van der Waals surface area contributed by atoms with Crippen molar-refractivity contribution in [3.05, 3.63) is 78.0 Å². The number of hydrogen-bond acceptors (Lipinski definition) is 4. The largest absolute Gasteiger partial charge is 0.497 e. The van der Waals surface area contributed by atoms with Gasteiger partial charge in [-0.15, -0.1) is 0 Å². The lowest BCUT2D eigenvalue weighted by Gasteiger charge is -2.20. The summed E-state index contributed by atoms with van der Waals surface area (Å²) in [4.78, 5) is 14.7. The molecular formula is C22H23N3O3. The molecule has 3 rings (SSSR count). The number of nitrogens with one attached hydrogen (secondary N) is 1. The zero-order valence-corrected chi connectivity index (χ0v) is 15.7. The third kappa shape index (κ3) is 4.66. The summed E-state index contributed by atoms with van der Waals surface area (Å²) >= 11 is 0. The SMILES string of the molecule is COc1cccc(-c2[nH]ncc2C(=O)N(CC=Cc2ccccc2)CCO)c1. The third-order valence-corrected chi connectivity index (χ3v) is 4.32. The van der Waals surface area contributed by atoms with Crippen LogP contribution in [-0.2, 0) is 0 Å². The first kappa shape index (κ1) is 19.4. The first-order valence-electron chi connectivity index (χ1n) is 9.02. The van der Waals surface area contributed by atoms with E-state index in [0.29, 0.717) is 23.6 Å². The quantitative estimate of drug-likeness (QED) is 0.632. The van der Waals surface area contributed by atoms with Crippen LogP contribution in [0.5, 0.6) is 5.75 Å². The molecule has 0 aliphatic carbocycles. The highest BCUT2D eigenvalue weighted by Crippen LogP contribution is 2.25. The summed E-state index contributed by atoms with van der Waals surface area (Å²) in [6, 6.07) is 17.3.